The van der Waals surface area contributed by atoms with E-state index in [1.807, 2.05) is 0 Å². The Morgan fingerprint density at radius 2 is 2.00 bits per heavy atom. The van der Waals surface area contributed by atoms with Crippen LogP contribution in [0, 0.1) is 0 Å². The Kier molecular flexibility index (Phi) is 1.98. The van der Waals surface area contributed by atoms with Gasteiger partial charge >= 0.3 is 0 Å². The molecule has 1 heterocycles. The maximum atomic E-state index is 10.8. The number of nitrogens with zero attached hydrogens (tertiary/aromatic N) is 3. The molecule has 0 saturated heterocycles. The predicted octanol–water partition coefficient (Wildman–Crippen LogP) is 2.05. The Bertz CT molecular complexity index is 360. The van der Waals surface area contributed by atoms with Crippen molar-refractivity contribution in [2.75, 3.05) is 11.6 Å². The molecule has 1 aromatic rings. The van der Waals surface area contributed by atoms with Crippen LogP contribution in [0.2, 0.25) is 5.02 Å². The van der Waals surface area contributed by atoms with Gasteiger partial charge in [0.25, 0.3) is 5.91 Å². The van der Waals surface area contributed by atoms with Crippen LogP contribution in [0.25, 0.3) is 0 Å². The van der Waals surface area contributed by atoms with Gasteiger partial charge in [0.15, 0.2) is 0 Å². The lowest BCUT2D eigenvalue weighted by atomic mass is 10.3. The van der Waals surface area contributed by atoms with Crippen molar-refractivity contribution in [1.29, 1.82) is 0 Å². The molecule has 0 bridgehead atoms. The van der Waals surface area contributed by atoms with Gasteiger partial charge in [-0.05, 0) is 24.3 Å². The van der Waals surface area contributed by atoms with E-state index in [9.17, 15) is 4.79 Å². The second kappa shape index (κ2) is 3.14. The van der Waals surface area contributed by atoms with Crippen molar-refractivity contribution in [2.45, 2.75) is 0 Å². The molecule has 66 valence electrons. The summed E-state index contributed by atoms with van der Waals surface area (Å²) in [6.45, 7) is 0.210. The number of amides is 1. The number of benzene rings is 1. The average molecular weight is 196 g/mol. The number of hydrogen-bond acceptors (Lipinski definition) is 3. The van der Waals surface area contributed by atoms with Crippen molar-refractivity contribution in [1.82, 2.24) is 0 Å². The normalized spacial score (nSPS) is 15.5. The largest absolute Gasteiger partial charge is 0.287 e. The molecule has 0 unspecified atom stereocenters. The van der Waals surface area contributed by atoms with E-state index in [0.717, 1.165) is 5.69 Å². The second-order valence-corrected chi connectivity index (χ2v) is 3.05. The fourth-order valence-electron chi connectivity index (χ4n) is 1.05. The Labute approximate surface area is 79.8 Å². The van der Waals surface area contributed by atoms with E-state index in [4.69, 9.17) is 11.6 Å². The molecule has 2 rings (SSSR count). The summed E-state index contributed by atoms with van der Waals surface area (Å²) in [5, 5.41) is 9.26. The summed E-state index contributed by atoms with van der Waals surface area (Å²) in [5.41, 5.74) is 0.819. The summed E-state index contributed by atoms with van der Waals surface area (Å²) in [6.07, 6.45) is 0. The fraction of sp³-hybridized carbons (Fsp3) is 0.125. The van der Waals surface area contributed by atoms with Gasteiger partial charge in [0.05, 0.1) is 5.69 Å². The first-order valence-electron chi connectivity index (χ1n) is 3.73. The standard InChI is InChI=1S/C8H6ClN3O/c9-6-1-3-7(4-2-6)12-5-8(13)10-11-12/h1-4H,5H2. The molecule has 0 spiro atoms. The van der Waals surface area contributed by atoms with Gasteiger partial charge in [-0.3, -0.25) is 4.79 Å². The molecule has 1 aliphatic heterocycles. The molecule has 13 heavy (non-hydrogen) atoms. The van der Waals surface area contributed by atoms with Crippen LogP contribution in [0.15, 0.2) is 34.6 Å². The Hall–Kier alpha value is -1.42. The lowest BCUT2D eigenvalue weighted by Gasteiger charge is -2.09. The van der Waals surface area contributed by atoms with Gasteiger partial charge < -0.3 is 0 Å². The zero-order valence-electron chi connectivity index (χ0n) is 6.64. The molecular weight excluding hydrogens is 190 g/mol. The molecule has 1 aromatic carbocycles. The van der Waals surface area contributed by atoms with Gasteiger partial charge in [-0.2, -0.15) is 0 Å². The maximum absolute atomic E-state index is 10.8. The number of carbonyl (C=O) groups excluding carboxylic acids is 1. The maximum Gasteiger partial charge on any atom is 0.287 e. The van der Waals surface area contributed by atoms with Gasteiger partial charge in [0, 0.05) is 5.02 Å². The fourth-order valence-corrected chi connectivity index (χ4v) is 1.18. The van der Waals surface area contributed by atoms with Crippen molar-refractivity contribution in [2.24, 2.45) is 10.3 Å². The second-order valence-electron chi connectivity index (χ2n) is 2.62. The van der Waals surface area contributed by atoms with Gasteiger partial charge in [0.2, 0.25) is 0 Å². The van der Waals surface area contributed by atoms with Crippen molar-refractivity contribution in [3.8, 4) is 0 Å². The van der Waals surface area contributed by atoms with Crippen LogP contribution in [-0.2, 0) is 4.79 Å². The lowest BCUT2D eigenvalue weighted by molar-refractivity contribution is -0.116. The topological polar surface area (TPSA) is 45.0 Å². The van der Waals surface area contributed by atoms with Gasteiger partial charge in [0.1, 0.15) is 6.54 Å². The summed E-state index contributed by atoms with van der Waals surface area (Å²) >= 11 is 5.71. The van der Waals surface area contributed by atoms with Crippen molar-refractivity contribution < 1.29 is 4.79 Å². The quantitative estimate of drug-likeness (QED) is 0.689. The molecule has 0 N–H and O–H groups in total. The molecular formula is C8H6ClN3O. The van der Waals surface area contributed by atoms with E-state index in [0.29, 0.717) is 5.02 Å². The number of rotatable bonds is 1. The number of carbonyl (C=O) groups is 1. The van der Waals surface area contributed by atoms with Gasteiger partial charge in [-0.1, -0.05) is 21.9 Å². The smallest absolute Gasteiger partial charge is 0.269 e. The Morgan fingerprint density at radius 1 is 1.31 bits per heavy atom. The van der Waals surface area contributed by atoms with Crippen LogP contribution in [0.1, 0.15) is 0 Å². The van der Waals surface area contributed by atoms with E-state index in [1.54, 1.807) is 24.3 Å². The van der Waals surface area contributed by atoms with Crippen LogP contribution < -0.4 is 5.01 Å². The molecule has 5 heteroatoms. The van der Waals surface area contributed by atoms with E-state index < -0.39 is 0 Å². The molecule has 0 atom stereocenters. The predicted molar refractivity (Wildman–Crippen MR) is 48.7 cm³/mol. The third-order valence-electron chi connectivity index (χ3n) is 1.67. The Morgan fingerprint density at radius 3 is 2.54 bits per heavy atom. The van der Waals surface area contributed by atoms with Gasteiger partial charge in [-0.25, -0.2) is 5.01 Å². The van der Waals surface area contributed by atoms with E-state index in [1.165, 1.54) is 5.01 Å². The zero-order valence-corrected chi connectivity index (χ0v) is 7.40. The van der Waals surface area contributed by atoms with Crippen LogP contribution in [0.3, 0.4) is 0 Å². The summed E-state index contributed by atoms with van der Waals surface area (Å²) < 4.78 is 0. The molecule has 0 radical (unpaired) electrons. The molecule has 0 aliphatic carbocycles. The molecule has 0 fully saturated rings. The average Bonchev–Trinajstić information content (AvgIpc) is 2.53. The van der Waals surface area contributed by atoms with E-state index in [-0.39, 0.29) is 12.5 Å². The highest BCUT2D eigenvalue weighted by Gasteiger charge is 2.16. The lowest BCUT2D eigenvalue weighted by Crippen LogP contribution is -2.16. The molecule has 1 amide bonds. The minimum absolute atomic E-state index is 0.210. The first-order valence-corrected chi connectivity index (χ1v) is 4.11. The third kappa shape index (κ3) is 1.67. The highest BCUT2D eigenvalue weighted by molar-refractivity contribution is 6.30. The molecule has 1 aliphatic rings. The first kappa shape index (κ1) is 8.19. The molecule has 0 aromatic heterocycles. The van der Waals surface area contributed by atoms with Crippen LogP contribution in [0.4, 0.5) is 5.69 Å². The first-order chi connectivity index (χ1) is 6.25. The van der Waals surface area contributed by atoms with Crippen molar-refractivity contribution in [3.63, 3.8) is 0 Å². The third-order valence-corrected chi connectivity index (χ3v) is 1.93. The SMILES string of the molecule is O=C1CN(c2ccc(Cl)cc2)N=N1. The highest BCUT2D eigenvalue weighted by atomic mass is 35.5. The van der Waals surface area contributed by atoms with Crippen LogP contribution in [-0.4, -0.2) is 12.5 Å². The van der Waals surface area contributed by atoms with Crippen molar-refractivity contribution in [3.05, 3.63) is 29.3 Å². The van der Waals surface area contributed by atoms with Crippen LogP contribution >= 0.6 is 11.6 Å². The highest BCUT2D eigenvalue weighted by Crippen LogP contribution is 2.20. The van der Waals surface area contributed by atoms with E-state index >= 15 is 0 Å². The van der Waals surface area contributed by atoms with E-state index in [2.05, 4.69) is 10.3 Å². The minimum Gasteiger partial charge on any atom is -0.269 e. The number of hydrogen-bond donors (Lipinski definition) is 0. The summed E-state index contributed by atoms with van der Waals surface area (Å²) in [7, 11) is 0. The monoisotopic (exact) mass is 195 g/mol. The molecule has 4 nitrogen and oxygen atoms in total. The summed E-state index contributed by atoms with van der Waals surface area (Å²) in [5.74, 6) is -0.227. The van der Waals surface area contributed by atoms with Crippen molar-refractivity contribution >= 4 is 23.2 Å². The number of anilines is 1. The van der Waals surface area contributed by atoms with Gasteiger partial charge in [-0.15, -0.1) is 0 Å². The Balaban J connectivity index is 2.22. The molecule has 0 saturated carbocycles. The summed E-state index contributed by atoms with van der Waals surface area (Å²) in [4.78, 5) is 10.8. The number of halogens is 1. The zero-order chi connectivity index (χ0) is 9.26. The van der Waals surface area contributed by atoms with Crippen LogP contribution in [0.5, 0.6) is 0 Å². The minimum atomic E-state index is -0.227. The summed E-state index contributed by atoms with van der Waals surface area (Å²) in [6, 6.07) is 7.07.